The van der Waals surface area contributed by atoms with Crippen molar-refractivity contribution in [1.82, 2.24) is 4.98 Å². The van der Waals surface area contributed by atoms with Crippen LogP contribution in [0.2, 0.25) is 0 Å². The maximum Gasteiger partial charge on any atom is 0.137 e. The van der Waals surface area contributed by atoms with Crippen LogP contribution < -0.4 is 5.73 Å². The zero-order valence-electron chi connectivity index (χ0n) is 9.41. The number of nitrogens with zero attached hydrogens (tertiary/aromatic N) is 1. The SMILES string of the molecule is NC(Cc1cncc(Br)c1)c1cccc(F)c1Br. The summed E-state index contributed by atoms with van der Waals surface area (Å²) in [5.41, 5.74) is 7.87. The quantitative estimate of drug-likeness (QED) is 0.883. The highest BCUT2D eigenvalue weighted by Crippen LogP contribution is 2.27. The number of hydrogen-bond donors (Lipinski definition) is 1. The second kappa shape index (κ2) is 5.91. The second-order valence-electron chi connectivity index (χ2n) is 3.97. The van der Waals surface area contributed by atoms with Gasteiger partial charge in [0.2, 0.25) is 0 Å². The second-order valence-corrected chi connectivity index (χ2v) is 5.67. The number of halogens is 3. The summed E-state index contributed by atoms with van der Waals surface area (Å²) < 4.78 is 14.8. The van der Waals surface area contributed by atoms with Gasteiger partial charge in [-0.05, 0) is 61.5 Å². The van der Waals surface area contributed by atoms with Gasteiger partial charge in [0, 0.05) is 22.9 Å². The molecule has 5 heteroatoms. The van der Waals surface area contributed by atoms with Gasteiger partial charge in [0.1, 0.15) is 5.82 Å². The van der Waals surface area contributed by atoms with Crippen LogP contribution in [0.5, 0.6) is 0 Å². The molecule has 1 aromatic heterocycles. The van der Waals surface area contributed by atoms with Crippen LogP contribution in [0, 0.1) is 5.82 Å². The highest BCUT2D eigenvalue weighted by molar-refractivity contribution is 9.10. The summed E-state index contributed by atoms with van der Waals surface area (Å²) in [4.78, 5) is 4.08. The van der Waals surface area contributed by atoms with Crippen molar-refractivity contribution >= 4 is 31.9 Å². The third-order valence-electron chi connectivity index (χ3n) is 2.60. The Hall–Kier alpha value is -0.780. The minimum absolute atomic E-state index is 0.272. The summed E-state index contributed by atoms with van der Waals surface area (Å²) in [5, 5.41) is 0. The van der Waals surface area contributed by atoms with Crippen molar-refractivity contribution in [3.63, 3.8) is 0 Å². The van der Waals surface area contributed by atoms with Crippen molar-refractivity contribution in [1.29, 1.82) is 0 Å². The molecule has 0 radical (unpaired) electrons. The summed E-state index contributed by atoms with van der Waals surface area (Å²) in [6, 6.07) is 6.57. The van der Waals surface area contributed by atoms with E-state index in [-0.39, 0.29) is 11.9 Å². The molecule has 2 N–H and O–H groups in total. The van der Waals surface area contributed by atoms with E-state index in [0.717, 1.165) is 15.6 Å². The lowest BCUT2D eigenvalue weighted by molar-refractivity contribution is 0.610. The van der Waals surface area contributed by atoms with E-state index < -0.39 is 0 Å². The molecule has 0 spiro atoms. The molecule has 1 unspecified atom stereocenters. The largest absolute Gasteiger partial charge is 0.324 e. The predicted octanol–water partition coefficient (Wildman–Crippen LogP) is 3.99. The molecule has 0 saturated heterocycles. The lowest BCUT2D eigenvalue weighted by atomic mass is 10.0. The third-order valence-corrected chi connectivity index (χ3v) is 3.87. The summed E-state index contributed by atoms with van der Waals surface area (Å²) in [6.07, 6.45) is 4.08. The number of benzene rings is 1. The van der Waals surface area contributed by atoms with Crippen molar-refractivity contribution in [3.8, 4) is 0 Å². The Bertz CT molecular complexity index is 560. The number of aromatic nitrogens is 1. The minimum atomic E-state index is -0.296. The van der Waals surface area contributed by atoms with Crippen molar-refractivity contribution in [2.45, 2.75) is 12.5 Å². The van der Waals surface area contributed by atoms with Crippen LogP contribution in [0.25, 0.3) is 0 Å². The lowest BCUT2D eigenvalue weighted by Crippen LogP contribution is -2.14. The van der Waals surface area contributed by atoms with Crippen LogP contribution in [-0.2, 0) is 6.42 Å². The number of nitrogens with two attached hydrogens (primary N) is 1. The first-order valence-corrected chi connectivity index (χ1v) is 6.95. The normalized spacial score (nSPS) is 12.4. The summed E-state index contributed by atoms with van der Waals surface area (Å²) in [5.74, 6) is -0.296. The molecule has 18 heavy (non-hydrogen) atoms. The fourth-order valence-electron chi connectivity index (χ4n) is 1.74. The van der Waals surface area contributed by atoms with E-state index in [1.54, 1.807) is 18.5 Å². The van der Waals surface area contributed by atoms with Crippen LogP contribution in [-0.4, -0.2) is 4.98 Å². The molecule has 94 valence electrons. The van der Waals surface area contributed by atoms with Crippen molar-refractivity contribution < 1.29 is 4.39 Å². The molecule has 0 aliphatic carbocycles. The first-order chi connectivity index (χ1) is 8.58. The van der Waals surface area contributed by atoms with Gasteiger partial charge in [0.25, 0.3) is 0 Å². The molecule has 2 aromatic rings. The molecule has 0 amide bonds. The first kappa shape index (κ1) is 13.6. The van der Waals surface area contributed by atoms with Crippen LogP contribution in [0.15, 0.2) is 45.6 Å². The molecule has 1 heterocycles. The topological polar surface area (TPSA) is 38.9 Å². The van der Waals surface area contributed by atoms with Gasteiger partial charge >= 0.3 is 0 Å². The van der Waals surface area contributed by atoms with Crippen LogP contribution in [0.4, 0.5) is 4.39 Å². The summed E-state index contributed by atoms with van der Waals surface area (Å²) in [6.45, 7) is 0. The maximum absolute atomic E-state index is 13.4. The van der Waals surface area contributed by atoms with Gasteiger partial charge in [0.15, 0.2) is 0 Å². The Morgan fingerprint density at radius 3 is 2.78 bits per heavy atom. The highest BCUT2D eigenvalue weighted by atomic mass is 79.9. The average Bonchev–Trinajstić information content (AvgIpc) is 2.32. The molecule has 0 fully saturated rings. The number of rotatable bonds is 3. The van der Waals surface area contributed by atoms with Crippen molar-refractivity contribution in [2.24, 2.45) is 5.73 Å². The Morgan fingerprint density at radius 2 is 2.06 bits per heavy atom. The Labute approximate surface area is 122 Å². The number of pyridine rings is 1. The molecule has 0 saturated carbocycles. The Kier molecular flexibility index (Phi) is 4.48. The van der Waals surface area contributed by atoms with Crippen LogP contribution >= 0.6 is 31.9 Å². The molecular formula is C13H11Br2FN2. The molecule has 0 aliphatic rings. The molecular weight excluding hydrogens is 363 g/mol. The van der Waals surface area contributed by atoms with E-state index in [2.05, 4.69) is 36.8 Å². The van der Waals surface area contributed by atoms with Crippen molar-refractivity contribution in [3.05, 3.63) is 62.5 Å². The summed E-state index contributed by atoms with van der Waals surface area (Å²) in [7, 11) is 0. The van der Waals surface area contributed by atoms with Gasteiger partial charge in [-0.15, -0.1) is 0 Å². The van der Waals surface area contributed by atoms with Gasteiger partial charge in [0.05, 0.1) is 4.47 Å². The molecule has 2 rings (SSSR count). The maximum atomic E-state index is 13.4. The van der Waals surface area contributed by atoms with Crippen molar-refractivity contribution in [2.75, 3.05) is 0 Å². The van der Waals surface area contributed by atoms with E-state index in [1.165, 1.54) is 6.07 Å². The predicted molar refractivity (Wildman–Crippen MR) is 76.7 cm³/mol. The van der Waals surface area contributed by atoms with E-state index in [9.17, 15) is 4.39 Å². The molecule has 0 bridgehead atoms. The fraction of sp³-hybridized carbons (Fsp3) is 0.154. The van der Waals surface area contributed by atoms with Gasteiger partial charge in [-0.3, -0.25) is 4.98 Å². The molecule has 1 aromatic carbocycles. The monoisotopic (exact) mass is 372 g/mol. The average molecular weight is 374 g/mol. The molecule has 0 aliphatic heterocycles. The highest BCUT2D eigenvalue weighted by Gasteiger charge is 2.13. The van der Waals surface area contributed by atoms with Gasteiger partial charge in [-0.2, -0.15) is 0 Å². The van der Waals surface area contributed by atoms with E-state index in [0.29, 0.717) is 10.9 Å². The zero-order chi connectivity index (χ0) is 13.1. The Morgan fingerprint density at radius 1 is 1.28 bits per heavy atom. The van der Waals surface area contributed by atoms with E-state index in [4.69, 9.17) is 5.73 Å². The van der Waals surface area contributed by atoms with E-state index >= 15 is 0 Å². The smallest absolute Gasteiger partial charge is 0.137 e. The molecule has 1 atom stereocenters. The Balaban J connectivity index is 2.22. The van der Waals surface area contributed by atoms with Crippen LogP contribution in [0.1, 0.15) is 17.2 Å². The van der Waals surface area contributed by atoms with Crippen LogP contribution in [0.3, 0.4) is 0 Å². The summed E-state index contributed by atoms with van der Waals surface area (Å²) >= 11 is 6.59. The first-order valence-electron chi connectivity index (χ1n) is 5.37. The zero-order valence-corrected chi connectivity index (χ0v) is 12.6. The number of hydrogen-bond acceptors (Lipinski definition) is 2. The van der Waals surface area contributed by atoms with Gasteiger partial charge in [-0.1, -0.05) is 12.1 Å². The standard InChI is InChI=1S/C13H11Br2FN2/c14-9-4-8(6-18-7-9)5-12(17)10-2-1-3-11(16)13(10)15/h1-4,6-7,12H,5,17H2. The molecule has 2 nitrogen and oxygen atoms in total. The lowest BCUT2D eigenvalue weighted by Gasteiger charge is -2.14. The third kappa shape index (κ3) is 3.16. The fourth-order valence-corrected chi connectivity index (χ4v) is 2.71. The minimum Gasteiger partial charge on any atom is -0.324 e. The van der Waals surface area contributed by atoms with Gasteiger partial charge < -0.3 is 5.73 Å². The van der Waals surface area contributed by atoms with Gasteiger partial charge in [-0.25, -0.2) is 4.39 Å². The van der Waals surface area contributed by atoms with E-state index in [1.807, 2.05) is 12.1 Å².